The van der Waals surface area contributed by atoms with Crippen LogP contribution in [0.1, 0.15) is 80.2 Å². The van der Waals surface area contributed by atoms with Gasteiger partial charge in [0.1, 0.15) is 36.5 Å². The van der Waals surface area contributed by atoms with Crippen molar-refractivity contribution in [2.24, 2.45) is 0 Å². The second-order valence-electron chi connectivity index (χ2n) is 14.4. The van der Waals surface area contributed by atoms with Gasteiger partial charge in [-0.15, -0.1) is 0 Å². The molecule has 51 heavy (non-hydrogen) atoms. The predicted octanol–water partition coefficient (Wildman–Crippen LogP) is 8.39. The van der Waals surface area contributed by atoms with Crippen molar-refractivity contribution in [1.82, 2.24) is 15.2 Å². The molecular weight excluding hydrogens is 660 g/mol. The molecule has 4 aromatic rings. The van der Waals surface area contributed by atoms with E-state index < -0.39 is 5.54 Å². The number of piperidine rings is 1. The topological polar surface area (TPSA) is 99.9 Å². The normalized spacial score (nSPS) is 17.3. The van der Waals surface area contributed by atoms with Gasteiger partial charge in [-0.3, -0.25) is 9.88 Å². The summed E-state index contributed by atoms with van der Waals surface area (Å²) in [5.41, 5.74) is 5.96. The Morgan fingerprint density at radius 2 is 1.73 bits per heavy atom. The van der Waals surface area contributed by atoms with Crippen LogP contribution in [0.3, 0.4) is 0 Å². The first kappa shape index (κ1) is 36.7. The molecule has 0 saturated carbocycles. The highest BCUT2D eigenvalue weighted by molar-refractivity contribution is 6.32. The van der Waals surface area contributed by atoms with Crippen LogP contribution in [0.4, 0.5) is 0 Å². The van der Waals surface area contributed by atoms with Gasteiger partial charge in [0.25, 0.3) is 0 Å². The van der Waals surface area contributed by atoms with Gasteiger partial charge in [0.15, 0.2) is 0 Å². The Balaban J connectivity index is 1.12. The number of nitrogens with one attached hydrogen (secondary N) is 1. The van der Waals surface area contributed by atoms with Gasteiger partial charge in [-0.1, -0.05) is 48.4 Å². The Hall–Kier alpha value is -4.13. The number of aliphatic hydroxyl groups is 1. The highest BCUT2D eigenvalue weighted by Gasteiger charge is 2.35. The fourth-order valence-electron chi connectivity index (χ4n) is 7.23. The number of hydrogen-bond acceptors (Lipinski definition) is 8. The minimum atomic E-state index is -0.495. The van der Waals surface area contributed by atoms with E-state index in [2.05, 4.69) is 64.6 Å². The van der Waals surface area contributed by atoms with Crippen molar-refractivity contribution in [3.63, 3.8) is 0 Å². The number of ether oxygens (including phenoxy) is 3. The number of nitriles is 1. The molecule has 2 unspecified atom stereocenters. The van der Waals surface area contributed by atoms with E-state index in [1.54, 1.807) is 12.3 Å². The van der Waals surface area contributed by atoms with Crippen LogP contribution in [0.25, 0.3) is 11.1 Å². The maximum Gasteiger partial charge on any atom is 0.142 e. The lowest BCUT2D eigenvalue weighted by atomic mass is 9.96. The molecule has 268 valence electrons. The highest BCUT2D eigenvalue weighted by Crippen LogP contribution is 2.37. The molecule has 6 rings (SSSR count). The van der Waals surface area contributed by atoms with Crippen molar-refractivity contribution in [2.45, 2.75) is 96.7 Å². The van der Waals surface area contributed by atoms with Gasteiger partial charge in [0, 0.05) is 60.3 Å². The van der Waals surface area contributed by atoms with Crippen molar-refractivity contribution in [2.75, 3.05) is 19.8 Å². The zero-order chi connectivity index (χ0) is 35.8. The second-order valence-corrected chi connectivity index (χ2v) is 14.8. The lowest BCUT2D eigenvalue weighted by molar-refractivity contribution is 0.130. The van der Waals surface area contributed by atoms with E-state index in [1.807, 2.05) is 32.0 Å². The zero-order valence-electron chi connectivity index (χ0n) is 30.0. The molecule has 2 fully saturated rings. The molecule has 3 aromatic carbocycles. The average Bonchev–Trinajstić information content (AvgIpc) is 3.35. The Kier molecular flexibility index (Phi) is 12.2. The molecule has 2 aliphatic heterocycles. The van der Waals surface area contributed by atoms with Gasteiger partial charge in [0.2, 0.25) is 0 Å². The Morgan fingerprint density at radius 1 is 0.941 bits per heavy atom. The number of rotatable bonds is 16. The Bertz CT molecular complexity index is 1820. The van der Waals surface area contributed by atoms with Gasteiger partial charge < -0.3 is 24.6 Å². The standard InChI is InChI=1S/C42H49ClN4O4/c1-29-33(9-5-13-38(29)32-8-4-12-37(19-32)49-17-7-16-47-35-10-6-11-36(47)15-14-35)27-51-41-21-40(50-26-31-18-30(22-44)23-45-24-31)34(20-39(41)43)25-46-42(2,3)28-48/h4-5,8-9,12-13,18-21,23-24,35-36,46,48H,6-7,10-11,14-17,25-28H2,1-3H3. The van der Waals surface area contributed by atoms with Crippen LogP contribution < -0.4 is 19.5 Å². The minimum absolute atomic E-state index is 0.0278. The molecule has 0 aliphatic carbocycles. The summed E-state index contributed by atoms with van der Waals surface area (Å²) in [7, 11) is 0. The van der Waals surface area contributed by atoms with E-state index in [1.165, 1.54) is 38.3 Å². The number of fused-ring (bicyclic) bond motifs is 2. The molecule has 0 radical (unpaired) electrons. The molecule has 3 heterocycles. The number of aliphatic hydroxyl groups excluding tert-OH is 1. The summed E-state index contributed by atoms with van der Waals surface area (Å²) < 4.78 is 18.9. The summed E-state index contributed by atoms with van der Waals surface area (Å²) in [6, 6.07) is 23.7. The van der Waals surface area contributed by atoms with Crippen molar-refractivity contribution in [1.29, 1.82) is 5.26 Å². The molecule has 2 atom stereocenters. The lowest BCUT2D eigenvalue weighted by Gasteiger charge is -2.34. The maximum absolute atomic E-state index is 9.77. The van der Waals surface area contributed by atoms with Gasteiger partial charge in [-0.05, 0) is 99.4 Å². The smallest absolute Gasteiger partial charge is 0.142 e. The van der Waals surface area contributed by atoms with Gasteiger partial charge in [-0.2, -0.15) is 5.26 Å². The Labute approximate surface area is 307 Å². The molecule has 8 nitrogen and oxygen atoms in total. The summed E-state index contributed by atoms with van der Waals surface area (Å²) in [5, 5.41) is 22.9. The summed E-state index contributed by atoms with van der Waals surface area (Å²) in [5.74, 6) is 1.98. The summed E-state index contributed by atoms with van der Waals surface area (Å²) in [6.07, 6.45) is 11.1. The third-order valence-corrected chi connectivity index (χ3v) is 10.5. The van der Waals surface area contributed by atoms with Crippen LogP contribution in [-0.4, -0.2) is 52.4 Å². The van der Waals surface area contributed by atoms with E-state index >= 15 is 0 Å². The van der Waals surface area contributed by atoms with Crippen LogP contribution in [-0.2, 0) is 19.8 Å². The summed E-state index contributed by atoms with van der Waals surface area (Å²) >= 11 is 6.79. The second kappa shape index (κ2) is 16.9. The number of pyridine rings is 1. The average molecular weight is 709 g/mol. The van der Waals surface area contributed by atoms with Gasteiger partial charge in [-0.25, -0.2) is 0 Å². The maximum atomic E-state index is 9.77. The molecule has 2 saturated heterocycles. The molecular formula is C42H49ClN4O4. The summed E-state index contributed by atoms with van der Waals surface area (Å²) in [4.78, 5) is 6.89. The molecule has 2 bridgehead atoms. The first-order chi connectivity index (χ1) is 24.7. The fraction of sp³-hybridized carbons (Fsp3) is 0.429. The quantitative estimate of drug-likeness (QED) is 0.112. The molecule has 0 amide bonds. The van der Waals surface area contributed by atoms with E-state index in [0.717, 1.165) is 70.8 Å². The van der Waals surface area contributed by atoms with Crippen molar-refractivity contribution >= 4 is 11.6 Å². The van der Waals surface area contributed by atoms with E-state index in [0.29, 0.717) is 35.2 Å². The van der Waals surface area contributed by atoms with E-state index in [9.17, 15) is 10.4 Å². The fourth-order valence-corrected chi connectivity index (χ4v) is 7.47. The van der Waals surface area contributed by atoms with Crippen molar-refractivity contribution < 1.29 is 19.3 Å². The summed E-state index contributed by atoms with van der Waals surface area (Å²) in [6.45, 7) is 8.73. The van der Waals surface area contributed by atoms with E-state index in [4.69, 9.17) is 25.8 Å². The van der Waals surface area contributed by atoms with Crippen LogP contribution in [0.15, 0.2) is 73.1 Å². The molecule has 2 aliphatic rings. The molecule has 9 heteroatoms. The first-order valence-corrected chi connectivity index (χ1v) is 18.5. The third-order valence-electron chi connectivity index (χ3n) is 10.2. The van der Waals surface area contributed by atoms with Crippen molar-refractivity contribution in [3.05, 3.63) is 106 Å². The third kappa shape index (κ3) is 9.41. The van der Waals surface area contributed by atoms with Crippen LogP contribution >= 0.6 is 11.6 Å². The molecule has 1 aromatic heterocycles. The van der Waals surface area contributed by atoms with E-state index in [-0.39, 0.29) is 13.2 Å². The zero-order valence-corrected chi connectivity index (χ0v) is 30.7. The number of halogens is 1. The number of benzene rings is 3. The monoisotopic (exact) mass is 708 g/mol. The van der Waals surface area contributed by atoms with Gasteiger partial charge >= 0.3 is 0 Å². The van der Waals surface area contributed by atoms with Crippen molar-refractivity contribution in [3.8, 4) is 34.4 Å². The predicted molar refractivity (Wildman–Crippen MR) is 201 cm³/mol. The molecule has 2 N–H and O–H groups in total. The van der Waals surface area contributed by atoms with Crippen LogP contribution in [0.5, 0.6) is 17.2 Å². The number of nitrogens with zero attached hydrogens (tertiary/aromatic N) is 3. The molecule has 0 spiro atoms. The van der Waals surface area contributed by atoms with Crippen LogP contribution in [0, 0.1) is 18.3 Å². The number of aromatic nitrogens is 1. The van der Waals surface area contributed by atoms with Gasteiger partial charge in [0.05, 0.1) is 23.8 Å². The lowest BCUT2D eigenvalue weighted by Crippen LogP contribution is -2.42. The first-order valence-electron chi connectivity index (χ1n) is 18.1. The number of hydrogen-bond donors (Lipinski definition) is 2. The largest absolute Gasteiger partial charge is 0.494 e. The van der Waals surface area contributed by atoms with Crippen LogP contribution in [0.2, 0.25) is 5.02 Å². The SMILES string of the molecule is Cc1c(COc2cc(OCc3cncc(C#N)c3)c(CNC(C)(C)CO)cc2Cl)cccc1-c1cccc(OCCCN2C3CCCC2CC3)c1. The Morgan fingerprint density at radius 3 is 2.51 bits per heavy atom. The highest BCUT2D eigenvalue weighted by atomic mass is 35.5. The minimum Gasteiger partial charge on any atom is -0.494 e.